The monoisotopic (exact) mass is 771 g/mol. The number of ketones is 1. The van der Waals surface area contributed by atoms with Gasteiger partial charge in [-0.1, -0.05) is 92.4 Å². The van der Waals surface area contributed by atoms with Crippen molar-refractivity contribution in [1.29, 1.82) is 0 Å². The molecule has 0 amide bonds. The van der Waals surface area contributed by atoms with Crippen molar-refractivity contribution in [2.75, 3.05) is 0 Å². The van der Waals surface area contributed by atoms with Crippen LogP contribution in [0.4, 0.5) is 13.2 Å². The van der Waals surface area contributed by atoms with Crippen LogP contribution in [-0.2, 0) is 36.5 Å². The number of allylic oxidation sites excluding steroid dienone is 2. The molecule has 1 aromatic heterocycles. The molecule has 0 aliphatic rings. The number of hydrogen-bond acceptors (Lipinski definition) is 3. The van der Waals surface area contributed by atoms with Gasteiger partial charge in [-0.05, 0) is 68.8 Å². The molecule has 227 valence electrons. The summed E-state index contributed by atoms with van der Waals surface area (Å²) < 4.78 is 41.9. The Morgan fingerprint density at radius 1 is 0.795 bits per heavy atom. The van der Waals surface area contributed by atoms with E-state index >= 15 is 0 Å². The average Bonchev–Trinajstić information content (AvgIpc) is 2.94. The molecule has 44 heavy (non-hydrogen) atoms. The number of rotatable bonds is 2. The molecule has 6 aromatic rings. The van der Waals surface area contributed by atoms with Gasteiger partial charge in [-0.25, -0.2) is 0 Å². The zero-order valence-corrected chi connectivity index (χ0v) is 27.3. The Balaban J connectivity index is 0.000000497. The van der Waals surface area contributed by atoms with Crippen LogP contribution in [0.3, 0.4) is 0 Å². The molecule has 0 atom stereocenters. The van der Waals surface area contributed by atoms with Crippen LogP contribution in [-0.4, -0.2) is 15.9 Å². The summed E-state index contributed by atoms with van der Waals surface area (Å²) in [5, 5.41) is 15.1. The second kappa shape index (κ2) is 12.5. The molecule has 3 nitrogen and oxygen atoms in total. The zero-order chi connectivity index (χ0) is 31.1. The quantitative estimate of drug-likeness (QED) is 0.0826. The maximum Gasteiger partial charge on any atom is 0.403 e. The minimum atomic E-state index is -4.48. The van der Waals surface area contributed by atoms with Gasteiger partial charge in [-0.2, -0.15) is 13.2 Å². The number of carbonyl (C=O) groups is 1. The minimum Gasteiger partial charge on any atom is -0.512 e. The number of nitrogens with zero attached hydrogens (tertiary/aromatic N) is 1. The van der Waals surface area contributed by atoms with E-state index in [1.807, 2.05) is 18.2 Å². The minimum absolute atomic E-state index is 0. The number of fused-ring (bicyclic) bond motifs is 6. The van der Waals surface area contributed by atoms with Crippen molar-refractivity contribution in [2.24, 2.45) is 0 Å². The molecule has 1 radical (unpaired) electrons. The Morgan fingerprint density at radius 3 is 2.05 bits per heavy atom. The first-order valence-corrected chi connectivity index (χ1v) is 13.9. The molecular weight excluding hydrogens is 740 g/mol. The fourth-order valence-corrected chi connectivity index (χ4v) is 5.38. The third-order valence-corrected chi connectivity index (χ3v) is 7.37. The maximum atomic E-state index is 14.0. The molecule has 1 N–H and O–H groups in total. The van der Waals surface area contributed by atoms with Crippen molar-refractivity contribution in [1.82, 2.24) is 4.98 Å². The second-order valence-corrected chi connectivity index (χ2v) is 11.7. The largest absolute Gasteiger partial charge is 0.512 e. The number of aliphatic hydroxyl groups is 1. The van der Waals surface area contributed by atoms with Gasteiger partial charge in [0.05, 0.1) is 5.76 Å². The van der Waals surface area contributed by atoms with Crippen molar-refractivity contribution in [2.45, 2.75) is 46.2 Å². The molecule has 5 aromatic carbocycles. The fourth-order valence-electron chi connectivity index (χ4n) is 5.38. The molecule has 0 aliphatic heterocycles. The Kier molecular flexibility index (Phi) is 9.34. The van der Waals surface area contributed by atoms with Gasteiger partial charge >= 0.3 is 6.18 Å². The molecule has 1 heterocycles. The molecule has 0 saturated carbocycles. The molecule has 0 bridgehead atoms. The molecule has 0 unspecified atom stereocenters. The van der Waals surface area contributed by atoms with Crippen LogP contribution in [0.1, 0.15) is 45.7 Å². The summed E-state index contributed by atoms with van der Waals surface area (Å²) in [5.74, 6) is -0.0625. The Hall–Kier alpha value is -4.06. The fraction of sp³-hybridized carbons (Fsp3) is 0.189. The first-order chi connectivity index (χ1) is 20.2. The molecule has 0 spiro atoms. The van der Waals surface area contributed by atoms with E-state index in [4.69, 9.17) is 5.11 Å². The molecule has 7 heteroatoms. The number of carbonyl (C=O) groups excluding carboxylic acids is 1. The second-order valence-electron chi connectivity index (χ2n) is 11.7. The van der Waals surface area contributed by atoms with Crippen LogP contribution < -0.4 is 0 Å². The van der Waals surface area contributed by atoms with Gasteiger partial charge in [-0.15, -0.1) is 23.6 Å². The van der Waals surface area contributed by atoms with E-state index in [1.165, 1.54) is 43.0 Å². The summed E-state index contributed by atoms with van der Waals surface area (Å²) in [6.45, 7) is 9.45. The zero-order valence-electron chi connectivity index (χ0n) is 24.9. The summed E-state index contributed by atoms with van der Waals surface area (Å²) in [6.07, 6.45) is -1.65. The van der Waals surface area contributed by atoms with Gasteiger partial charge in [0.15, 0.2) is 5.78 Å². The summed E-state index contributed by atoms with van der Waals surface area (Å²) >= 11 is 0. The number of hydrogen-bond donors (Lipinski definition) is 1. The van der Waals surface area contributed by atoms with E-state index in [2.05, 4.69) is 62.2 Å². The Bertz CT molecular complexity index is 2050. The average molecular weight is 771 g/mol. The number of aromatic nitrogens is 1. The van der Waals surface area contributed by atoms with Crippen LogP contribution >= 0.6 is 0 Å². The predicted molar refractivity (Wildman–Crippen MR) is 169 cm³/mol. The number of pyridine rings is 1. The number of halogens is 3. The van der Waals surface area contributed by atoms with Crippen LogP contribution in [0, 0.1) is 6.07 Å². The van der Waals surface area contributed by atoms with Gasteiger partial charge in [0.1, 0.15) is 0 Å². The third kappa shape index (κ3) is 6.69. The standard InChI is InChI=1S/C32H23F3N.C5H8O2.Ir/c1-31(2,3)22-9-11-23-20(17-22)8-10-26-25(23)12-13-28-27(26)14-15-36-30(28)21-16-19-6-4-5-7-24(19)29(18-21)32(33,34)35;1-4(6)3-5(2)7;/h4-15,17-18H,1-3H3;3,6H,1-2H3;/q-1;;/b;4-3-;. The van der Waals surface area contributed by atoms with E-state index in [-0.39, 0.29) is 42.4 Å². The summed E-state index contributed by atoms with van der Waals surface area (Å²) in [4.78, 5) is 14.5. The SMILES string of the molecule is CC(=O)/C=C(/C)O.CC(C)(C)c1ccc2c(ccc3c4ccnc(-c5[c-]c6ccccc6c(C(F)(F)F)c5)c4ccc23)c1.[Ir]. The van der Waals surface area contributed by atoms with E-state index in [0.717, 1.165) is 26.9 Å². The predicted octanol–water partition coefficient (Wildman–Crippen LogP) is 10.5. The molecule has 0 saturated heterocycles. The normalized spacial score (nSPS) is 12.2. The molecule has 0 aliphatic carbocycles. The van der Waals surface area contributed by atoms with Crippen LogP contribution in [0.15, 0.2) is 96.9 Å². The van der Waals surface area contributed by atoms with Crippen molar-refractivity contribution in [3.63, 3.8) is 0 Å². The molecule has 6 rings (SSSR count). The first kappa shape index (κ1) is 32.8. The number of alkyl halides is 3. The first-order valence-electron chi connectivity index (χ1n) is 13.9. The van der Waals surface area contributed by atoms with Crippen molar-refractivity contribution in [3.05, 3.63) is 114 Å². The van der Waals surface area contributed by atoms with Gasteiger partial charge in [0.2, 0.25) is 0 Å². The summed E-state index contributed by atoms with van der Waals surface area (Å²) in [5.41, 5.74) is 1.48. The van der Waals surface area contributed by atoms with E-state index in [1.54, 1.807) is 24.4 Å². The molecule has 0 fully saturated rings. The van der Waals surface area contributed by atoms with E-state index < -0.39 is 11.7 Å². The van der Waals surface area contributed by atoms with Crippen LogP contribution in [0.5, 0.6) is 0 Å². The van der Waals surface area contributed by atoms with Crippen LogP contribution in [0.25, 0.3) is 54.3 Å². The summed E-state index contributed by atoms with van der Waals surface area (Å²) in [6, 6.07) is 27.6. The summed E-state index contributed by atoms with van der Waals surface area (Å²) in [7, 11) is 0. The van der Waals surface area contributed by atoms with Gasteiger partial charge in [0, 0.05) is 38.1 Å². The van der Waals surface area contributed by atoms with Crippen LogP contribution in [0.2, 0.25) is 0 Å². The topological polar surface area (TPSA) is 50.2 Å². The van der Waals surface area contributed by atoms with Crippen molar-refractivity contribution < 1.29 is 43.2 Å². The smallest absolute Gasteiger partial charge is 0.403 e. The Morgan fingerprint density at radius 2 is 1.41 bits per heavy atom. The number of benzene rings is 5. The van der Waals surface area contributed by atoms with E-state index in [0.29, 0.717) is 16.6 Å². The van der Waals surface area contributed by atoms with Crippen molar-refractivity contribution >= 4 is 48.9 Å². The van der Waals surface area contributed by atoms with Gasteiger partial charge in [-0.3, -0.25) is 9.78 Å². The Labute approximate surface area is 267 Å². The van der Waals surface area contributed by atoms with Gasteiger partial charge < -0.3 is 5.11 Å². The van der Waals surface area contributed by atoms with Crippen molar-refractivity contribution in [3.8, 4) is 11.3 Å². The van der Waals surface area contributed by atoms with Gasteiger partial charge in [0.25, 0.3) is 0 Å². The maximum absolute atomic E-state index is 14.0. The van der Waals surface area contributed by atoms with E-state index in [9.17, 15) is 18.0 Å². The molecular formula is C37H31F3IrNO2-. The third-order valence-electron chi connectivity index (χ3n) is 7.37. The number of aliphatic hydroxyl groups excluding tert-OH is 1.